The second-order valence-corrected chi connectivity index (χ2v) is 8.10. The molecule has 0 spiro atoms. The Balaban J connectivity index is 1.87. The number of carbonyl (C=O) groups excluding carboxylic acids is 2. The standard InChI is InChI=1S/C23H20N2O3S/c1-14-5-6-15(2)17(12-14)21(26)19-20(18-4-3-11-29-18)25(23(28)22(19)27)13-16-7-9-24-10-8-16/h3-12,20,26H,13H2,1-2H3. The van der Waals surface area contributed by atoms with Crippen molar-refractivity contribution >= 4 is 28.8 Å². The van der Waals surface area contributed by atoms with Crippen molar-refractivity contribution in [2.45, 2.75) is 26.4 Å². The first-order chi connectivity index (χ1) is 14.0. The summed E-state index contributed by atoms with van der Waals surface area (Å²) in [5.74, 6) is -1.39. The van der Waals surface area contributed by atoms with Crippen LogP contribution in [0.4, 0.5) is 0 Å². The number of aryl methyl sites for hydroxylation is 2. The van der Waals surface area contributed by atoms with Crippen LogP contribution in [0.5, 0.6) is 0 Å². The van der Waals surface area contributed by atoms with Crippen LogP contribution < -0.4 is 0 Å². The van der Waals surface area contributed by atoms with E-state index in [4.69, 9.17) is 0 Å². The maximum Gasteiger partial charge on any atom is 0.295 e. The smallest absolute Gasteiger partial charge is 0.295 e. The van der Waals surface area contributed by atoms with E-state index in [1.54, 1.807) is 12.4 Å². The van der Waals surface area contributed by atoms with E-state index in [0.717, 1.165) is 21.6 Å². The average molecular weight is 404 g/mol. The maximum atomic E-state index is 13.0. The largest absolute Gasteiger partial charge is 0.507 e. The van der Waals surface area contributed by atoms with Gasteiger partial charge in [-0.05, 0) is 54.6 Å². The Kier molecular flexibility index (Phi) is 5.03. The zero-order valence-corrected chi connectivity index (χ0v) is 16.9. The van der Waals surface area contributed by atoms with Gasteiger partial charge >= 0.3 is 0 Å². The normalized spacial score (nSPS) is 18.4. The molecule has 1 unspecified atom stereocenters. The molecular weight excluding hydrogens is 384 g/mol. The number of likely N-dealkylation sites (tertiary alicyclic amines) is 1. The molecule has 0 aliphatic carbocycles. The summed E-state index contributed by atoms with van der Waals surface area (Å²) < 4.78 is 0. The van der Waals surface area contributed by atoms with Gasteiger partial charge in [0.2, 0.25) is 0 Å². The van der Waals surface area contributed by atoms with Gasteiger partial charge in [0.1, 0.15) is 5.76 Å². The Morgan fingerprint density at radius 1 is 1.14 bits per heavy atom. The van der Waals surface area contributed by atoms with Crippen molar-refractivity contribution in [1.29, 1.82) is 0 Å². The van der Waals surface area contributed by atoms with E-state index < -0.39 is 17.7 Å². The van der Waals surface area contributed by atoms with Gasteiger partial charge in [-0.1, -0.05) is 23.8 Å². The van der Waals surface area contributed by atoms with Crippen molar-refractivity contribution in [2.24, 2.45) is 0 Å². The fourth-order valence-electron chi connectivity index (χ4n) is 3.61. The predicted octanol–water partition coefficient (Wildman–Crippen LogP) is 4.38. The van der Waals surface area contributed by atoms with Crippen molar-refractivity contribution in [2.75, 3.05) is 0 Å². The highest BCUT2D eigenvalue weighted by molar-refractivity contribution is 7.10. The number of aliphatic hydroxyl groups excluding tert-OH is 1. The molecule has 1 aliphatic rings. The molecule has 3 aromatic rings. The van der Waals surface area contributed by atoms with E-state index in [1.165, 1.54) is 16.2 Å². The lowest BCUT2D eigenvalue weighted by atomic mass is 9.96. The summed E-state index contributed by atoms with van der Waals surface area (Å²) in [6, 6.07) is 12.5. The Hall–Kier alpha value is -3.25. The second kappa shape index (κ2) is 7.64. The highest BCUT2D eigenvalue weighted by Crippen LogP contribution is 2.42. The lowest BCUT2D eigenvalue weighted by Crippen LogP contribution is -2.28. The van der Waals surface area contributed by atoms with Gasteiger partial charge in [-0.2, -0.15) is 0 Å². The summed E-state index contributed by atoms with van der Waals surface area (Å²) in [6.45, 7) is 4.07. The molecule has 2 aromatic heterocycles. The van der Waals surface area contributed by atoms with Crippen LogP contribution in [-0.2, 0) is 16.1 Å². The molecule has 1 saturated heterocycles. The number of ketones is 1. The summed E-state index contributed by atoms with van der Waals surface area (Å²) in [4.78, 5) is 32.3. The van der Waals surface area contributed by atoms with E-state index in [1.807, 2.05) is 61.7 Å². The monoisotopic (exact) mass is 404 g/mol. The van der Waals surface area contributed by atoms with Gasteiger partial charge in [0, 0.05) is 29.4 Å². The van der Waals surface area contributed by atoms with Crippen LogP contribution in [0.3, 0.4) is 0 Å². The molecule has 0 bridgehead atoms. The minimum atomic E-state index is -0.657. The van der Waals surface area contributed by atoms with Crippen molar-refractivity contribution in [1.82, 2.24) is 9.88 Å². The Morgan fingerprint density at radius 2 is 1.90 bits per heavy atom. The Bertz CT molecular complexity index is 1100. The first-order valence-corrected chi connectivity index (χ1v) is 10.1. The Labute approximate surface area is 173 Å². The van der Waals surface area contributed by atoms with Gasteiger partial charge in [0.05, 0.1) is 11.6 Å². The highest BCUT2D eigenvalue weighted by atomic mass is 32.1. The maximum absolute atomic E-state index is 13.0. The quantitative estimate of drug-likeness (QED) is 0.398. The summed E-state index contributed by atoms with van der Waals surface area (Å²) in [5, 5.41) is 13.0. The molecule has 4 rings (SSSR count). The molecule has 146 valence electrons. The first kappa shape index (κ1) is 19.1. The molecule has 1 aliphatic heterocycles. The molecule has 6 heteroatoms. The number of thiophene rings is 1. The molecule has 0 saturated carbocycles. The second-order valence-electron chi connectivity index (χ2n) is 7.12. The number of carbonyl (C=O) groups is 2. The van der Waals surface area contributed by atoms with Crippen molar-refractivity contribution in [3.05, 3.63) is 92.9 Å². The Morgan fingerprint density at radius 3 is 2.59 bits per heavy atom. The van der Waals surface area contributed by atoms with Crippen LogP contribution >= 0.6 is 11.3 Å². The van der Waals surface area contributed by atoms with Crippen LogP contribution in [0, 0.1) is 13.8 Å². The third-order valence-corrected chi connectivity index (χ3v) is 6.03. The molecule has 29 heavy (non-hydrogen) atoms. The number of hydrogen-bond donors (Lipinski definition) is 1. The van der Waals surface area contributed by atoms with Crippen LogP contribution in [0.15, 0.2) is 65.8 Å². The molecule has 1 N–H and O–H groups in total. The fraction of sp³-hybridized carbons (Fsp3) is 0.174. The summed E-state index contributed by atoms with van der Waals surface area (Å²) in [6.07, 6.45) is 3.31. The number of aliphatic hydroxyl groups is 1. The van der Waals surface area contributed by atoms with Gasteiger partial charge in [-0.3, -0.25) is 14.6 Å². The van der Waals surface area contributed by atoms with Crippen molar-refractivity contribution < 1.29 is 14.7 Å². The predicted molar refractivity (Wildman–Crippen MR) is 112 cm³/mol. The third-order valence-electron chi connectivity index (χ3n) is 5.10. The number of hydrogen-bond acceptors (Lipinski definition) is 5. The number of aromatic nitrogens is 1. The van der Waals surface area contributed by atoms with E-state index >= 15 is 0 Å². The lowest BCUT2D eigenvalue weighted by Gasteiger charge is -2.24. The number of Topliss-reactive ketones (excluding diaryl/α,β-unsaturated/α-hetero) is 1. The topological polar surface area (TPSA) is 70.5 Å². The summed E-state index contributed by atoms with van der Waals surface area (Å²) >= 11 is 1.46. The lowest BCUT2D eigenvalue weighted by molar-refractivity contribution is -0.140. The van der Waals surface area contributed by atoms with Gasteiger partial charge in [-0.15, -0.1) is 11.3 Å². The van der Waals surface area contributed by atoms with E-state index in [0.29, 0.717) is 5.56 Å². The number of nitrogens with zero attached hydrogens (tertiary/aromatic N) is 2. The number of benzene rings is 1. The van der Waals surface area contributed by atoms with Crippen LogP contribution in [-0.4, -0.2) is 26.7 Å². The highest BCUT2D eigenvalue weighted by Gasteiger charge is 2.46. The molecule has 1 fully saturated rings. The fourth-order valence-corrected chi connectivity index (χ4v) is 4.45. The first-order valence-electron chi connectivity index (χ1n) is 9.25. The minimum Gasteiger partial charge on any atom is -0.507 e. The van der Waals surface area contributed by atoms with Crippen LogP contribution in [0.25, 0.3) is 5.76 Å². The number of rotatable bonds is 4. The number of pyridine rings is 1. The number of amides is 1. The van der Waals surface area contributed by atoms with E-state index in [9.17, 15) is 14.7 Å². The summed E-state index contributed by atoms with van der Waals surface area (Å²) in [7, 11) is 0. The molecule has 0 radical (unpaired) electrons. The summed E-state index contributed by atoms with van der Waals surface area (Å²) in [5.41, 5.74) is 3.40. The SMILES string of the molecule is Cc1ccc(C)c(C(O)=C2C(=O)C(=O)N(Cc3ccncc3)C2c2cccs2)c1. The van der Waals surface area contributed by atoms with Gasteiger partial charge in [0.25, 0.3) is 11.7 Å². The third kappa shape index (κ3) is 3.47. The van der Waals surface area contributed by atoms with Crippen molar-refractivity contribution in [3.8, 4) is 0 Å². The van der Waals surface area contributed by atoms with E-state index in [2.05, 4.69) is 4.98 Å². The van der Waals surface area contributed by atoms with Crippen molar-refractivity contribution in [3.63, 3.8) is 0 Å². The average Bonchev–Trinajstić information content (AvgIpc) is 3.33. The molecule has 1 atom stereocenters. The van der Waals surface area contributed by atoms with Gasteiger partial charge < -0.3 is 10.0 Å². The van der Waals surface area contributed by atoms with Crippen LogP contribution in [0.1, 0.15) is 33.2 Å². The zero-order valence-electron chi connectivity index (χ0n) is 16.1. The molecule has 5 nitrogen and oxygen atoms in total. The minimum absolute atomic E-state index is 0.125. The zero-order chi connectivity index (χ0) is 20.5. The molecule has 1 amide bonds. The van der Waals surface area contributed by atoms with E-state index in [-0.39, 0.29) is 17.9 Å². The molecular formula is C23H20N2O3S. The van der Waals surface area contributed by atoms with Gasteiger partial charge in [-0.25, -0.2) is 0 Å². The molecule has 3 heterocycles. The van der Waals surface area contributed by atoms with Crippen LogP contribution in [0.2, 0.25) is 0 Å². The molecule has 1 aromatic carbocycles. The van der Waals surface area contributed by atoms with Gasteiger partial charge in [0.15, 0.2) is 0 Å².